The normalized spacial score (nSPS) is 13.9. The minimum Gasteiger partial charge on any atom is -0.466 e. The van der Waals surface area contributed by atoms with Crippen molar-refractivity contribution in [2.24, 2.45) is 5.92 Å². The second-order valence-electron chi connectivity index (χ2n) is 4.94. The second-order valence-corrected chi connectivity index (χ2v) is 4.94. The van der Waals surface area contributed by atoms with E-state index in [1.807, 2.05) is 39.0 Å². The number of hydrogen-bond donors (Lipinski definition) is 1. The van der Waals surface area contributed by atoms with Crippen LogP contribution in [0.25, 0.3) is 0 Å². The summed E-state index contributed by atoms with van der Waals surface area (Å²) in [4.78, 5) is 11.9. The maximum absolute atomic E-state index is 11.9. The first-order chi connectivity index (χ1) is 9.01. The standard InChI is InChI=1S/C16H24O3/c1-5-7-14(16(18)19-6-2)15(17)13-9-8-11(3)12(4)10-13/h8-10,14-15,17H,5-7H2,1-4H3. The number of carbonyl (C=O) groups excluding carboxylic acids is 1. The molecule has 0 saturated heterocycles. The number of ether oxygens (including phenoxy) is 1. The average molecular weight is 264 g/mol. The zero-order chi connectivity index (χ0) is 14.4. The number of benzene rings is 1. The Bertz CT molecular complexity index is 426. The van der Waals surface area contributed by atoms with Crippen LogP contribution in [0.4, 0.5) is 0 Å². The fourth-order valence-electron chi connectivity index (χ4n) is 2.15. The molecule has 1 aromatic carbocycles. The van der Waals surface area contributed by atoms with Crippen LogP contribution in [0.5, 0.6) is 0 Å². The van der Waals surface area contributed by atoms with E-state index in [-0.39, 0.29) is 5.97 Å². The van der Waals surface area contributed by atoms with Crippen LogP contribution >= 0.6 is 0 Å². The molecule has 1 aromatic rings. The van der Waals surface area contributed by atoms with E-state index in [0.717, 1.165) is 17.5 Å². The van der Waals surface area contributed by atoms with Crippen molar-refractivity contribution in [3.05, 3.63) is 34.9 Å². The van der Waals surface area contributed by atoms with Gasteiger partial charge in [0.25, 0.3) is 0 Å². The highest BCUT2D eigenvalue weighted by Gasteiger charge is 2.28. The molecule has 0 heterocycles. The maximum Gasteiger partial charge on any atom is 0.311 e. The number of esters is 1. The lowest BCUT2D eigenvalue weighted by Gasteiger charge is -2.21. The number of rotatable bonds is 6. The molecule has 0 aromatic heterocycles. The van der Waals surface area contributed by atoms with Crippen LogP contribution in [-0.2, 0) is 9.53 Å². The van der Waals surface area contributed by atoms with Crippen LogP contribution in [0.2, 0.25) is 0 Å². The molecule has 0 aliphatic carbocycles. The Balaban J connectivity index is 2.94. The van der Waals surface area contributed by atoms with E-state index in [1.165, 1.54) is 5.56 Å². The predicted molar refractivity (Wildman–Crippen MR) is 75.9 cm³/mol. The smallest absolute Gasteiger partial charge is 0.311 e. The molecule has 0 spiro atoms. The van der Waals surface area contributed by atoms with Crippen LogP contribution in [0, 0.1) is 19.8 Å². The van der Waals surface area contributed by atoms with Gasteiger partial charge in [0, 0.05) is 0 Å². The molecule has 106 valence electrons. The Kier molecular flexibility index (Phi) is 6.03. The summed E-state index contributed by atoms with van der Waals surface area (Å²) in [7, 11) is 0. The second kappa shape index (κ2) is 7.29. The third-order valence-corrected chi connectivity index (χ3v) is 3.44. The van der Waals surface area contributed by atoms with Crippen molar-refractivity contribution < 1.29 is 14.6 Å². The molecule has 0 bridgehead atoms. The van der Waals surface area contributed by atoms with Gasteiger partial charge in [-0.1, -0.05) is 31.5 Å². The summed E-state index contributed by atoms with van der Waals surface area (Å²) in [6.45, 7) is 8.16. The zero-order valence-electron chi connectivity index (χ0n) is 12.3. The van der Waals surface area contributed by atoms with Gasteiger partial charge in [0.05, 0.1) is 18.6 Å². The molecule has 3 nitrogen and oxygen atoms in total. The lowest BCUT2D eigenvalue weighted by Crippen LogP contribution is -2.24. The van der Waals surface area contributed by atoms with Crippen molar-refractivity contribution in [1.82, 2.24) is 0 Å². The molecule has 0 saturated carbocycles. The SMILES string of the molecule is CCCC(C(=O)OCC)C(O)c1ccc(C)c(C)c1. The summed E-state index contributed by atoms with van der Waals surface area (Å²) in [6, 6.07) is 5.80. The van der Waals surface area contributed by atoms with Gasteiger partial charge in [0.15, 0.2) is 0 Å². The van der Waals surface area contributed by atoms with Crippen LogP contribution in [0.15, 0.2) is 18.2 Å². The van der Waals surface area contributed by atoms with Crippen molar-refractivity contribution in [2.75, 3.05) is 6.61 Å². The molecular formula is C16H24O3. The summed E-state index contributed by atoms with van der Waals surface area (Å²) >= 11 is 0. The van der Waals surface area contributed by atoms with Crippen LogP contribution in [0.1, 0.15) is 49.5 Å². The van der Waals surface area contributed by atoms with Gasteiger partial charge in [-0.15, -0.1) is 0 Å². The fourth-order valence-corrected chi connectivity index (χ4v) is 2.15. The van der Waals surface area contributed by atoms with Crippen molar-refractivity contribution in [3.63, 3.8) is 0 Å². The summed E-state index contributed by atoms with van der Waals surface area (Å²) in [5.41, 5.74) is 3.09. The van der Waals surface area contributed by atoms with E-state index in [1.54, 1.807) is 6.92 Å². The van der Waals surface area contributed by atoms with Crippen molar-refractivity contribution >= 4 is 5.97 Å². The lowest BCUT2D eigenvalue weighted by atomic mass is 9.90. The Hall–Kier alpha value is -1.35. The third kappa shape index (κ3) is 4.06. The number of aliphatic hydroxyl groups is 1. The van der Waals surface area contributed by atoms with Gasteiger partial charge < -0.3 is 9.84 Å². The highest BCUT2D eigenvalue weighted by atomic mass is 16.5. The molecule has 0 amide bonds. The zero-order valence-corrected chi connectivity index (χ0v) is 12.3. The predicted octanol–water partition coefficient (Wildman–Crippen LogP) is 3.32. The topological polar surface area (TPSA) is 46.5 Å². The fraction of sp³-hybridized carbons (Fsp3) is 0.562. The van der Waals surface area contributed by atoms with E-state index in [4.69, 9.17) is 4.74 Å². The van der Waals surface area contributed by atoms with E-state index >= 15 is 0 Å². The van der Waals surface area contributed by atoms with E-state index in [9.17, 15) is 9.90 Å². The molecule has 0 fully saturated rings. The number of aliphatic hydroxyl groups excluding tert-OH is 1. The Morgan fingerprint density at radius 3 is 2.47 bits per heavy atom. The van der Waals surface area contributed by atoms with E-state index in [2.05, 4.69) is 0 Å². The molecule has 0 radical (unpaired) electrons. The van der Waals surface area contributed by atoms with Gasteiger partial charge in [-0.3, -0.25) is 4.79 Å². The molecule has 1 N–H and O–H groups in total. The first kappa shape index (κ1) is 15.7. The van der Waals surface area contributed by atoms with Gasteiger partial charge in [-0.2, -0.15) is 0 Å². The number of aryl methyl sites for hydroxylation is 2. The lowest BCUT2D eigenvalue weighted by molar-refractivity contribution is -0.152. The van der Waals surface area contributed by atoms with Gasteiger partial charge in [0.2, 0.25) is 0 Å². The van der Waals surface area contributed by atoms with Crippen LogP contribution < -0.4 is 0 Å². The highest BCUT2D eigenvalue weighted by Crippen LogP contribution is 2.28. The van der Waals surface area contributed by atoms with Gasteiger partial charge >= 0.3 is 5.97 Å². The molecule has 2 unspecified atom stereocenters. The molecule has 2 atom stereocenters. The van der Waals surface area contributed by atoms with Crippen LogP contribution in [0.3, 0.4) is 0 Å². The third-order valence-electron chi connectivity index (χ3n) is 3.44. The summed E-state index contributed by atoms with van der Waals surface area (Å²) in [5.74, 6) is -0.790. The highest BCUT2D eigenvalue weighted by molar-refractivity contribution is 5.73. The Labute approximate surface area is 115 Å². The largest absolute Gasteiger partial charge is 0.466 e. The van der Waals surface area contributed by atoms with Crippen molar-refractivity contribution in [2.45, 2.75) is 46.6 Å². The van der Waals surface area contributed by atoms with E-state index < -0.39 is 12.0 Å². The van der Waals surface area contributed by atoms with Crippen molar-refractivity contribution in [1.29, 1.82) is 0 Å². The van der Waals surface area contributed by atoms with Crippen molar-refractivity contribution in [3.8, 4) is 0 Å². The molecule has 1 rings (SSSR count). The summed E-state index contributed by atoms with van der Waals surface area (Å²) < 4.78 is 5.05. The maximum atomic E-state index is 11.9. The van der Waals surface area contributed by atoms with Gasteiger partial charge in [-0.05, 0) is 43.9 Å². The van der Waals surface area contributed by atoms with Crippen LogP contribution in [-0.4, -0.2) is 17.7 Å². The Morgan fingerprint density at radius 2 is 1.95 bits per heavy atom. The average Bonchev–Trinajstić information content (AvgIpc) is 2.38. The molecule has 3 heteroatoms. The summed E-state index contributed by atoms with van der Waals surface area (Å²) in [5, 5.41) is 10.4. The molecule has 19 heavy (non-hydrogen) atoms. The summed E-state index contributed by atoms with van der Waals surface area (Å²) in [6.07, 6.45) is 0.677. The first-order valence-corrected chi connectivity index (χ1v) is 6.93. The molecule has 0 aliphatic heterocycles. The molecule has 0 aliphatic rings. The quantitative estimate of drug-likeness (QED) is 0.802. The minimum absolute atomic E-state index is 0.310. The van der Waals surface area contributed by atoms with Gasteiger partial charge in [0.1, 0.15) is 0 Å². The monoisotopic (exact) mass is 264 g/mol. The van der Waals surface area contributed by atoms with Gasteiger partial charge in [-0.25, -0.2) is 0 Å². The number of hydrogen-bond acceptors (Lipinski definition) is 3. The minimum atomic E-state index is -0.793. The molecular weight excluding hydrogens is 240 g/mol. The Morgan fingerprint density at radius 1 is 1.26 bits per heavy atom. The number of carbonyl (C=O) groups is 1. The van der Waals surface area contributed by atoms with E-state index in [0.29, 0.717) is 13.0 Å². The first-order valence-electron chi connectivity index (χ1n) is 6.93.